The van der Waals surface area contributed by atoms with Crippen molar-refractivity contribution in [1.29, 1.82) is 0 Å². The van der Waals surface area contributed by atoms with E-state index in [4.69, 9.17) is 15.2 Å². The molecule has 6 nitrogen and oxygen atoms in total. The average Bonchev–Trinajstić information content (AvgIpc) is 2.61. The van der Waals surface area contributed by atoms with Crippen molar-refractivity contribution in [3.8, 4) is 11.5 Å². The molecule has 1 aliphatic rings. The van der Waals surface area contributed by atoms with E-state index in [1.165, 1.54) is 13.0 Å². The summed E-state index contributed by atoms with van der Waals surface area (Å²) in [4.78, 5) is 25.5. The number of hydrogen-bond acceptors (Lipinski definition) is 5. The lowest BCUT2D eigenvalue weighted by Crippen LogP contribution is -2.52. The number of Topliss-reactive ketones (excluding diaryl/α,β-unsaturated/α-hetero) is 1. The summed E-state index contributed by atoms with van der Waals surface area (Å²) < 4.78 is 11.5. The molecule has 142 valence electrons. The lowest BCUT2D eigenvalue weighted by Gasteiger charge is -2.40. The Labute approximate surface area is 158 Å². The largest absolute Gasteiger partial charge is 0.457 e. The minimum atomic E-state index is -0.601. The van der Waals surface area contributed by atoms with Crippen LogP contribution in [0, 0.1) is 0 Å². The molecule has 1 aliphatic heterocycles. The highest BCUT2D eigenvalue weighted by Crippen LogP contribution is 2.30. The predicted octanol–water partition coefficient (Wildman–Crippen LogP) is 3.40. The van der Waals surface area contributed by atoms with Crippen LogP contribution in [0.5, 0.6) is 11.5 Å². The van der Waals surface area contributed by atoms with Crippen molar-refractivity contribution in [1.82, 2.24) is 0 Å². The first-order chi connectivity index (χ1) is 13.0. The van der Waals surface area contributed by atoms with Crippen molar-refractivity contribution >= 4 is 17.4 Å². The van der Waals surface area contributed by atoms with Crippen LogP contribution in [0.2, 0.25) is 0 Å². The fourth-order valence-electron chi connectivity index (χ4n) is 2.92. The zero-order chi connectivity index (χ0) is 19.4. The Morgan fingerprint density at radius 3 is 2.44 bits per heavy atom. The van der Waals surface area contributed by atoms with Crippen LogP contribution in [0.15, 0.2) is 42.5 Å². The molecule has 1 amide bonds. The number of carbonyl (C=O) groups is 2. The van der Waals surface area contributed by atoms with E-state index in [1.54, 1.807) is 12.1 Å². The molecule has 2 N–H and O–H groups in total. The van der Waals surface area contributed by atoms with E-state index < -0.39 is 5.91 Å². The van der Waals surface area contributed by atoms with E-state index >= 15 is 0 Å². The highest BCUT2D eigenvalue weighted by molar-refractivity contribution is 5.99. The van der Waals surface area contributed by atoms with Gasteiger partial charge in [0.2, 0.25) is 0 Å². The molecule has 2 aromatic rings. The average molecular weight is 368 g/mol. The standard InChI is InChI=1S/C21H24N2O4/c1-3-10-26-18-12-23(13-18)16-5-7-17(8-6-16)27-20-11-15(14(2)24)4-9-19(20)21(22)25/h4-9,11,18H,3,10,12-13H2,1-2H3,(H2,22,25). The lowest BCUT2D eigenvalue weighted by atomic mass is 10.1. The minimum Gasteiger partial charge on any atom is -0.457 e. The molecule has 0 spiro atoms. The van der Waals surface area contributed by atoms with Gasteiger partial charge < -0.3 is 20.1 Å². The first-order valence-electron chi connectivity index (χ1n) is 9.07. The molecule has 0 bridgehead atoms. The maximum Gasteiger partial charge on any atom is 0.252 e. The SMILES string of the molecule is CCCOC1CN(c2ccc(Oc3cc(C(C)=O)ccc3C(N)=O)cc2)C1. The van der Waals surface area contributed by atoms with Gasteiger partial charge >= 0.3 is 0 Å². The van der Waals surface area contributed by atoms with Gasteiger partial charge in [-0.15, -0.1) is 0 Å². The second kappa shape index (κ2) is 8.22. The number of benzene rings is 2. The van der Waals surface area contributed by atoms with E-state index in [2.05, 4.69) is 11.8 Å². The highest BCUT2D eigenvalue weighted by atomic mass is 16.5. The third kappa shape index (κ3) is 4.46. The van der Waals surface area contributed by atoms with Crippen molar-refractivity contribution in [2.45, 2.75) is 26.4 Å². The van der Waals surface area contributed by atoms with Gasteiger partial charge in [-0.25, -0.2) is 0 Å². The van der Waals surface area contributed by atoms with Gasteiger partial charge in [0.05, 0.1) is 11.7 Å². The molecule has 6 heteroatoms. The lowest BCUT2D eigenvalue weighted by molar-refractivity contribution is 0.0348. The van der Waals surface area contributed by atoms with Gasteiger partial charge in [0.15, 0.2) is 5.78 Å². The number of rotatable bonds is 8. The van der Waals surface area contributed by atoms with Crippen molar-refractivity contribution in [2.24, 2.45) is 5.73 Å². The summed E-state index contributed by atoms with van der Waals surface area (Å²) in [6.45, 7) is 6.12. The molecular weight excluding hydrogens is 344 g/mol. The van der Waals surface area contributed by atoms with Crippen LogP contribution in [-0.2, 0) is 4.74 Å². The number of nitrogens with two attached hydrogens (primary N) is 1. The molecule has 27 heavy (non-hydrogen) atoms. The number of hydrogen-bond donors (Lipinski definition) is 1. The molecule has 0 saturated carbocycles. The summed E-state index contributed by atoms with van der Waals surface area (Å²) in [5.41, 5.74) is 7.20. The fraction of sp³-hybridized carbons (Fsp3) is 0.333. The van der Waals surface area contributed by atoms with E-state index in [9.17, 15) is 9.59 Å². The Kier molecular flexibility index (Phi) is 5.76. The zero-order valence-electron chi connectivity index (χ0n) is 15.6. The Morgan fingerprint density at radius 1 is 1.15 bits per heavy atom. The summed E-state index contributed by atoms with van der Waals surface area (Å²) in [5, 5.41) is 0. The molecule has 0 atom stereocenters. The quantitative estimate of drug-likeness (QED) is 0.722. The molecule has 0 aromatic heterocycles. The first kappa shape index (κ1) is 18.9. The molecule has 1 saturated heterocycles. The second-order valence-corrected chi connectivity index (χ2v) is 6.63. The monoisotopic (exact) mass is 368 g/mol. The molecule has 0 radical (unpaired) electrons. The summed E-state index contributed by atoms with van der Waals surface area (Å²) in [7, 11) is 0. The van der Waals surface area contributed by atoms with Gasteiger partial charge in [-0.2, -0.15) is 0 Å². The second-order valence-electron chi connectivity index (χ2n) is 6.63. The Hall–Kier alpha value is -2.86. The molecule has 1 heterocycles. The fourth-order valence-corrected chi connectivity index (χ4v) is 2.92. The topological polar surface area (TPSA) is 81.9 Å². The van der Waals surface area contributed by atoms with Gasteiger partial charge in [-0.1, -0.05) is 13.0 Å². The van der Waals surface area contributed by atoms with E-state index in [-0.39, 0.29) is 17.1 Å². The maximum atomic E-state index is 11.6. The maximum absolute atomic E-state index is 11.6. The van der Waals surface area contributed by atoms with Crippen LogP contribution in [0.3, 0.4) is 0 Å². The number of anilines is 1. The van der Waals surface area contributed by atoms with Gasteiger partial charge in [0, 0.05) is 30.9 Å². The predicted molar refractivity (Wildman–Crippen MR) is 104 cm³/mol. The molecule has 2 aromatic carbocycles. The first-order valence-corrected chi connectivity index (χ1v) is 9.07. The van der Waals surface area contributed by atoms with E-state index in [0.717, 1.165) is 31.8 Å². The number of carbonyl (C=O) groups excluding carboxylic acids is 2. The number of amides is 1. The van der Waals surface area contributed by atoms with Crippen LogP contribution in [0.25, 0.3) is 0 Å². The zero-order valence-corrected chi connectivity index (χ0v) is 15.6. The molecule has 0 unspecified atom stereocenters. The van der Waals surface area contributed by atoms with E-state index in [0.29, 0.717) is 17.4 Å². The van der Waals surface area contributed by atoms with E-state index in [1.807, 2.05) is 24.3 Å². The normalized spacial score (nSPS) is 13.9. The van der Waals surface area contributed by atoms with Crippen LogP contribution in [0.1, 0.15) is 41.0 Å². The van der Waals surface area contributed by atoms with Gasteiger partial charge in [-0.3, -0.25) is 9.59 Å². The molecule has 1 fully saturated rings. The van der Waals surface area contributed by atoms with Gasteiger partial charge in [-0.05, 0) is 49.7 Å². The third-order valence-corrected chi connectivity index (χ3v) is 4.49. The number of ketones is 1. The van der Waals surface area contributed by atoms with Gasteiger partial charge in [0.1, 0.15) is 11.5 Å². The number of nitrogens with zero attached hydrogens (tertiary/aromatic N) is 1. The van der Waals surface area contributed by atoms with Gasteiger partial charge in [0.25, 0.3) is 5.91 Å². The minimum absolute atomic E-state index is 0.108. The number of ether oxygens (including phenoxy) is 2. The smallest absolute Gasteiger partial charge is 0.252 e. The summed E-state index contributed by atoms with van der Waals surface area (Å²) in [5.74, 6) is 0.139. The molecular formula is C21H24N2O4. The Balaban J connectivity index is 1.69. The van der Waals surface area contributed by atoms with Crippen LogP contribution in [0.4, 0.5) is 5.69 Å². The summed E-state index contributed by atoms with van der Waals surface area (Å²) >= 11 is 0. The van der Waals surface area contributed by atoms with Crippen LogP contribution >= 0.6 is 0 Å². The van der Waals surface area contributed by atoms with Crippen molar-refractivity contribution in [3.05, 3.63) is 53.6 Å². The van der Waals surface area contributed by atoms with Crippen LogP contribution < -0.4 is 15.4 Å². The van der Waals surface area contributed by atoms with Crippen molar-refractivity contribution in [2.75, 3.05) is 24.6 Å². The Bertz CT molecular complexity index is 827. The van der Waals surface area contributed by atoms with Crippen molar-refractivity contribution < 1.29 is 19.1 Å². The van der Waals surface area contributed by atoms with Crippen molar-refractivity contribution in [3.63, 3.8) is 0 Å². The molecule has 3 rings (SSSR count). The summed E-state index contributed by atoms with van der Waals surface area (Å²) in [6, 6.07) is 12.2. The van der Waals surface area contributed by atoms with Crippen LogP contribution in [-0.4, -0.2) is 37.5 Å². The number of primary amides is 1. The third-order valence-electron chi connectivity index (χ3n) is 4.49. The highest BCUT2D eigenvalue weighted by Gasteiger charge is 2.27. The Morgan fingerprint density at radius 2 is 1.85 bits per heavy atom. The summed E-state index contributed by atoms with van der Waals surface area (Å²) in [6.07, 6.45) is 1.33. The molecule has 0 aliphatic carbocycles.